The summed E-state index contributed by atoms with van der Waals surface area (Å²) in [5.74, 6) is 0.227. The molecule has 102 valence electrons. The van der Waals surface area contributed by atoms with E-state index in [1.165, 1.54) is 0 Å². The van der Waals surface area contributed by atoms with E-state index in [9.17, 15) is 0 Å². The number of aryl methyl sites for hydroxylation is 1. The van der Waals surface area contributed by atoms with Gasteiger partial charge in [0.1, 0.15) is 6.07 Å². The Labute approximate surface area is 117 Å². The van der Waals surface area contributed by atoms with Gasteiger partial charge in [0.25, 0.3) is 0 Å². The van der Waals surface area contributed by atoms with Crippen LogP contribution in [0.25, 0.3) is 0 Å². The molecule has 1 heterocycles. The first-order valence-corrected chi connectivity index (χ1v) is 6.27. The van der Waals surface area contributed by atoms with Crippen molar-refractivity contribution in [2.45, 2.75) is 20.0 Å². The highest BCUT2D eigenvalue weighted by Crippen LogP contribution is 2.09. The topological polar surface area (TPSA) is 88.5 Å². The third-order valence-corrected chi connectivity index (χ3v) is 2.85. The minimum atomic E-state index is 0.0482. The average Bonchev–Trinajstić information content (AvgIpc) is 2.46. The van der Waals surface area contributed by atoms with Gasteiger partial charge in [-0.3, -0.25) is 5.10 Å². The van der Waals surface area contributed by atoms with Crippen molar-refractivity contribution in [1.29, 1.82) is 5.26 Å². The van der Waals surface area contributed by atoms with E-state index < -0.39 is 0 Å². The summed E-state index contributed by atoms with van der Waals surface area (Å²) < 4.78 is 0. The number of rotatable bonds is 3. The minimum absolute atomic E-state index is 0.0482. The molecular formula is C15H16N4O. The second-order valence-electron chi connectivity index (χ2n) is 4.53. The molecule has 0 amide bonds. The average molecular weight is 268 g/mol. The quantitative estimate of drug-likeness (QED) is 0.796. The minimum Gasteiger partial charge on any atom is -0.392 e. The molecule has 0 unspecified atom stereocenters. The van der Waals surface area contributed by atoms with Gasteiger partial charge in [0.2, 0.25) is 5.82 Å². The van der Waals surface area contributed by atoms with Crippen LogP contribution >= 0.6 is 0 Å². The van der Waals surface area contributed by atoms with Gasteiger partial charge in [0.05, 0.1) is 6.61 Å². The Hall–Kier alpha value is -2.58. The van der Waals surface area contributed by atoms with Crippen molar-refractivity contribution < 1.29 is 5.11 Å². The molecule has 5 heteroatoms. The van der Waals surface area contributed by atoms with Gasteiger partial charge in [-0.25, -0.2) is 4.98 Å². The number of hydrogen-bond acceptors (Lipinski definition) is 3. The smallest absolute Gasteiger partial charge is 0.224 e. The molecule has 0 aliphatic heterocycles. The van der Waals surface area contributed by atoms with Crippen LogP contribution in [0.4, 0.5) is 0 Å². The fraction of sp³-hybridized carbons (Fsp3) is 0.200. The van der Waals surface area contributed by atoms with E-state index in [1.807, 2.05) is 43.3 Å². The van der Waals surface area contributed by atoms with Crippen LogP contribution in [0, 0.1) is 18.3 Å². The number of nitrogens with one attached hydrogen (secondary N) is 2. The molecule has 0 saturated carbocycles. The van der Waals surface area contributed by atoms with Crippen LogP contribution in [0.5, 0.6) is 0 Å². The highest BCUT2D eigenvalue weighted by molar-refractivity contribution is 5.26. The van der Waals surface area contributed by atoms with Gasteiger partial charge in [0.15, 0.2) is 0 Å². The fourth-order valence-electron chi connectivity index (χ4n) is 1.82. The number of aliphatic hydroxyl groups is 1. The second kappa shape index (κ2) is 6.55. The van der Waals surface area contributed by atoms with Crippen LogP contribution < -0.4 is 0 Å². The highest BCUT2D eigenvalue weighted by Gasteiger charge is 1.98. The van der Waals surface area contributed by atoms with Crippen LogP contribution in [-0.2, 0) is 13.0 Å². The summed E-state index contributed by atoms with van der Waals surface area (Å²) in [6.07, 6.45) is 2.35. The molecule has 0 atom stereocenters. The lowest BCUT2D eigenvalue weighted by molar-refractivity contribution is 0.282. The molecule has 2 aromatic rings. The maximum absolute atomic E-state index is 9.02. The number of nitriles is 1. The number of benzene rings is 1. The second-order valence-corrected chi connectivity index (χ2v) is 4.53. The predicted molar refractivity (Wildman–Crippen MR) is 75.2 cm³/mol. The van der Waals surface area contributed by atoms with Crippen molar-refractivity contribution in [3.8, 4) is 6.07 Å². The number of aliphatic hydroxyl groups excluding tert-OH is 1. The summed E-state index contributed by atoms with van der Waals surface area (Å²) in [6, 6.07) is 11.7. The maximum Gasteiger partial charge on any atom is 0.224 e. The van der Waals surface area contributed by atoms with E-state index in [1.54, 1.807) is 6.20 Å². The summed E-state index contributed by atoms with van der Waals surface area (Å²) >= 11 is 0. The Balaban J connectivity index is 2.30. The van der Waals surface area contributed by atoms with Crippen molar-refractivity contribution in [1.82, 2.24) is 15.2 Å². The molecule has 2 rings (SSSR count). The summed E-state index contributed by atoms with van der Waals surface area (Å²) in [7, 11) is 0. The Morgan fingerprint density at radius 3 is 2.55 bits per heavy atom. The zero-order valence-corrected chi connectivity index (χ0v) is 11.2. The van der Waals surface area contributed by atoms with Crippen molar-refractivity contribution in [3.05, 3.63) is 64.7 Å². The first-order chi connectivity index (χ1) is 9.71. The van der Waals surface area contributed by atoms with E-state index in [4.69, 9.17) is 10.4 Å². The van der Waals surface area contributed by atoms with Gasteiger partial charge in [-0.05, 0) is 29.7 Å². The van der Waals surface area contributed by atoms with Crippen molar-refractivity contribution in [3.63, 3.8) is 0 Å². The lowest BCUT2D eigenvalue weighted by Gasteiger charge is -2.03. The van der Waals surface area contributed by atoms with Gasteiger partial charge < -0.3 is 10.2 Å². The molecule has 0 aliphatic rings. The number of hydrogen-bond donors (Lipinski definition) is 3. The zero-order chi connectivity index (χ0) is 14.4. The molecule has 20 heavy (non-hydrogen) atoms. The molecule has 5 nitrogen and oxygen atoms in total. The molecule has 0 saturated heterocycles. The zero-order valence-electron chi connectivity index (χ0n) is 11.2. The van der Waals surface area contributed by atoms with Crippen LogP contribution in [-0.4, -0.2) is 20.3 Å². The Bertz CT molecular complexity index is 660. The van der Waals surface area contributed by atoms with Crippen LogP contribution in [0.3, 0.4) is 0 Å². The first kappa shape index (κ1) is 13.8. The number of aromatic nitrogens is 3. The van der Waals surface area contributed by atoms with Crippen molar-refractivity contribution in [2.24, 2.45) is 0 Å². The van der Waals surface area contributed by atoms with Gasteiger partial charge in [-0.15, -0.1) is 0 Å². The largest absolute Gasteiger partial charge is 0.392 e. The third-order valence-electron chi connectivity index (χ3n) is 2.85. The lowest BCUT2D eigenvalue weighted by atomic mass is 10.1. The van der Waals surface area contributed by atoms with E-state index in [0.29, 0.717) is 6.42 Å². The molecular weight excluding hydrogens is 252 g/mol. The normalized spacial score (nSPS) is 9.85. The van der Waals surface area contributed by atoms with Gasteiger partial charge >= 0.3 is 0 Å². The first-order valence-electron chi connectivity index (χ1n) is 6.27. The number of aromatic amines is 2. The summed E-state index contributed by atoms with van der Waals surface area (Å²) in [5.41, 5.74) is 3.92. The van der Waals surface area contributed by atoms with Gasteiger partial charge in [0, 0.05) is 18.3 Å². The summed E-state index contributed by atoms with van der Waals surface area (Å²) in [5, 5.41) is 23.7. The maximum atomic E-state index is 9.02. The van der Waals surface area contributed by atoms with E-state index in [-0.39, 0.29) is 12.4 Å². The predicted octanol–water partition coefficient (Wildman–Crippen LogP) is 2.13. The van der Waals surface area contributed by atoms with Crippen LogP contribution in [0.2, 0.25) is 0 Å². The van der Waals surface area contributed by atoms with Crippen LogP contribution in [0.15, 0.2) is 36.5 Å². The van der Waals surface area contributed by atoms with E-state index in [2.05, 4.69) is 15.2 Å². The molecule has 1 aromatic heterocycles. The standard InChI is InChI=1S/C15H16N4O/c1-11-6-14(18-19-15(8-16)17-9-11)7-12-2-4-13(10-20)5-3-12/h2-6,9,18,20H,7,10H2,1H3,(H,17,19). The summed E-state index contributed by atoms with van der Waals surface area (Å²) in [6.45, 7) is 1.98. The molecule has 0 spiro atoms. The third kappa shape index (κ3) is 3.70. The Kier molecular flexibility index (Phi) is 4.53. The molecule has 3 N–H and O–H groups in total. The SMILES string of the molecule is Cc1cnc(C#N)[nH][nH]c(Cc2ccc(CO)cc2)c1. The monoisotopic (exact) mass is 268 g/mol. The highest BCUT2D eigenvalue weighted by atomic mass is 16.3. The molecule has 1 aromatic carbocycles. The van der Waals surface area contributed by atoms with E-state index in [0.717, 1.165) is 22.4 Å². The van der Waals surface area contributed by atoms with Crippen molar-refractivity contribution in [2.75, 3.05) is 0 Å². The molecule has 0 aliphatic carbocycles. The van der Waals surface area contributed by atoms with E-state index >= 15 is 0 Å². The summed E-state index contributed by atoms with van der Waals surface area (Å²) in [4.78, 5) is 3.99. The van der Waals surface area contributed by atoms with Crippen LogP contribution in [0.1, 0.15) is 28.2 Å². The number of H-pyrrole nitrogens is 2. The Morgan fingerprint density at radius 1 is 1.20 bits per heavy atom. The molecule has 0 bridgehead atoms. The molecule has 0 radical (unpaired) electrons. The lowest BCUT2D eigenvalue weighted by Crippen LogP contribution is -1.97. The van der Waals surface area contributed by atoms with Crippen molar-refractivity contribution >= 4 is 0 Å². The Morgan fingerprint density at radius 2 is 1.90 bits per heavy atom. The molecule has 0 fully saturated rings. The number of nitrogens with zero attached hydrogens (tertiary/aromatic N) is 2. The van der Waals surface area contributed by atoms with Gasteiger partial charge in [-0.2, -0.15) is 5.26 Å². The van der Waals surface area contributed by atoms with Gasteiger partial charge in [-0.1, -0.05) is 24.3 Å². The fourth-order valence-corrected chi connectivity index (χ4v) is 1.82.